The molecule has 140 valence electrons. The molecule has 2 rings (SSSR count). The van der Waals surface area contributed by atoms with E-state index in [0.717, 1.165) is 38.3 Å². The number of nitrogens with zero attached hydrogens (tertiary/aromatic N) is 1. The zero-order valence-electron chi connectivity index (χ0n) is 15.4. The zero-order valence-corrected chi connectivity index (χ0v) is 15.4. The summed E-state index contributed by atoms with van der Waals surface area (Å²) in [5, 5.41) is 6.31. The van der Waals surface area contributed by atoms with Crippen molar-refractivity contribution >= 4 is 5.91 Å². The van der Waals surface area contributed by atoms with Gasteiger partial charge in [0.2, 0.25) is 11.7 Å². The summed E-state index contributed by atoms with van der Waals surface area (Å²) in [5.74, 6) is 1.84. The Bertz CT molecular complexity index is 534. The topological polar surface area (TPSA) is 72.1 Å². The van der Waals surface area contributed by atoms with Gasteiger partial charge >= 0.3 is 0 Å². The fourth-order valence-corrected chi connectivity index (χ4v) is 2.91. The average Bonchev–Trinajstić information content (AvgIpc) is 2.66. The molecule has 7 nitrogen and oxygen atoms in total. The Balaban J connectivity index is 1.80. The molecule has 0 aliphatic carbocycles. The lowest BCUT2D eigenvalue weighted by Gasteiger charge is -2.27. The van der Waals surface area contributed by atoms with Crippen LogP contribution in [0.5, 0.6) is 17.2 Å². The Hall–Kier alpha value is -1.99. The largest absolute Gasteiger partial charge is 0.493 e. The van der Waals surface area contributed by atoms with Gasteiger partial charge in [0.25, 0.3) is 0 Å². The van der Waals surface area contributed by atoms with Gasteiger partial charge in [0.05, 0.1) is 21.3 Å². The number of carbonyl (C=O) groups is 1. The van der Waals surface area contributed by atoms with E-state index in [1.165, 1.54) is 0 Å². The van der Waals surface area contributed by atoms with Crippen LogP contribution in [0.25, 0.3) is 0 Å². The van der Waals surface area contributed by atoms with Crippen molar-refractivity contribution in [2.45, 2.75) is 12.8 Å². The number of piperazine rings is 1. The lowest BCUT2D eigenvalue weighted by atomic mass is 10.1. The molecular weight excluding hydrogens is 322 g/mol. The minimum absolute atomic E-state index is 0.0592. The van der Waals surface area contributed by atoms with E-state index in [1.807, 2.05) is 12.1 Å². The van der Waals surface area contributed by atoms with E-state index in [9.17, 15) is 4.79 Å². The van der Waals surface area contributed by atoms with Crippen molar-refractivity contribution in [3.63, 3.8) is 0 Å². The molecule has 1 fully saturated rings. The molecule has 0 unspecified atom stereocenters. The standard InChI is InChI=1S/C18H29N3O4/c1-23-15-12-14(13-16(24-2)18(15)25-3)4-5-17(22)20-8-11-21-9-6-19-7-10-21/h12-13,19H,4-11H2,1-3H3,(H,20,22). The highest BCUT2D eigenvalue weighted by Crippen LogP contribution is 2.38. The molecule has 1 aromatic carbocycles. The van der Waals surface area contributed by atoms with Crippen molar-refractivity contribution < 1.29 is 19.0 Å². The highest BCUT2D eigenvalue weighted by atomic mass is 16.5. The third-order valence-corrected chi connectivity index (χ3v) is 4.33. The minimum Gasteiger partial charge on any atom is -0.493 e. The Labute approximate surface area is 149 Å². The average molecular weight is 351 g/mol. The van der Waals surface area contributed by atoms with Crippen molar-refractivity contribution in [3.05, 3.63) is 17.7 Å². The van der Waals surface area contributed by atoms with Crippen molar-refractivity contribution in [1.29, 1.82) is 0 Å². The summed E-state index contributed by atoms with van der Waals surface area (Å²) in [6.45, 7) is 5.72. The molecule has 0 aromatic heterocycles. The molecule has 0 bridgehead atoms. The van der Waals surface area contributed by atoms with Crippen LogP contribution in [0.4, 0.5) is 0 Å². The number of carbonyl (C=O) groups excluding carboxylic acids is 1. The van der Waals surface area contributed by atoms with Crippen LogP contribution < -0.4 is 24.8 Å². The minimum atomic E-state index is 0.0592. The van der Waals surface area contributed by atoms with E-state index in [-0.39, 0.29) is 5.91 Å². The second kappa shape index (κ2) is 10.1. The van der Waals surface area contributed by atoms with E-state index in [0.29, 0.717) is 36.6 Å². The number of benzene rings is 1. The van der Waals surface area contributed by atoms with Gasteiger partial charge in [0.1, 0.15) is 0 Å². The van der Waals surface area contributed by atoms with Gasteiger partial charge in [-0.15, -0.1) is 0 Å². The van der Waals surface area contributed by atoms with Crippen molar-refractivity contribution in [2.75, 3.05) is 60.6 Å². The number of rotatable bonds is 9. The molecule has 1 heterocycles. The van der Waals surface area contributed by atoms with Crippen LogP contribution in [-0.4, -0.2) is 71.4 Å². The van der Waals surface area contributed by atoms with Gasteiger partial charge in [-0.3, -0.25) is 9.69 Å². The Kier molecular flexibility index (Phi) is 7.81. The molecule has 25 heavy (non-hydrogen) atoms. The van der Waals surface area contributed by atoms with E-state index >= 15 is 0 Å². The number of methoxy groups -OCH3 is 3. The molecule has 7 heteroatoms. The van der Waals surface area contributed by atoms with E-state index in [1.54, 1.807) is 21.3 Å². The third-order valence-electron chi connectivity index (χ3n) is 4.33. The maximum atomic E-state index is 12.1. The maximum absolute atomic E-state index is 12.1. The number of hydrogen-bond acceptors (Lipinski definition) is 6. The predicted octanol–water partition coefficient (Wildman–Crippen LogP) is 0.666. The number of aryl methyl sites for hydroxylation is 1. The fraction of sp³-hybridized carbons (Fsp3) is 0.611. The summed E-state index contributed by atoms with van der Waals surface area (Å²) in [4.78, 5) is 14.4. The summed E-state index contributed by atoms with van der Waals surface area (Å²) in [5.41, 5.74) is 0.978. The van der Waals surface area contributed by atoms with Crippen LogP contribution >= 0.6 is 0 Å². The van der Waals surface area contributed by atoms with Crippen molar-refractivity contribution in [3.8, 4) is 17.2 Å². The normalized spacial score (nSPS) is 14.8. The third kappa shape index (κ3) is 5.79. The second-order valence-electron chi connectivity index (χ2n) is 5.98. The fourth-order valence-electron chi connectivity index (χ4n) is 2.91. The molecular formula is C18H29N3O4. The predicted molar refractivity (Wildman–Crippen MR) is 96.7 cm³/mol. The van der Waals surface area contributed by atoms with Gasteiger partial charge in [0, 0.05) is 45.7 Å². The molecule has 0 spiro atoms. The first-order valence-electron chi connectivity index (χ1n) is 8.66. The highest BCUT2D eigenvalue weighted by Gasteiger charge is 2.14. The first-order valence-corrected chi connectivity index (χ1v) is 8.66. The summed E-state index contributed by atoms with van der Waals surface area (Å²) >= 11 is 0. The number of ether oxygens (including phenoxy) is 3. The van der Waals surface area contributed by atoms with Gasteiger partial charge in [0.15, 0.2) is 11.5 Å². The number of hydrogen-bond donors (Lipinski definition) is 2. The first kappa shape index (κ1) is 19.3. The Morgan fingerprint density at radius 2 is 1.76 bits per heavy atom. The first-order chi connectivity index (χ1) is 12.2. The lowest BCUT2D eigenvalue weighted by Crippen LogP contribution is -2.46. The molecule has 1 saturated heterocycles. The smallest absolute Gasteiger partial charge is 0.220 e. The van der Waals surface area contributed by atoms with Crippen LogP contribution in [0.2, 0.25) is 0 Å². The van der Waals surface area contributed by atoms with Crippen LogP contribution in [-0.2, 0) is 11.2 Å². The molecule has 1 aromatic rings. The molecule has 0 atom stereocenters. The molecule has 1 aliphatic heterocycles. The summed E-state index contributed by atoms with van der Waals surface area (Å²) in [7, 11) is 4.75. The SMILES string of the molecule is COc1cc(CCC(=O)NCCN2CCNCC2)cc(OC)c1OC. The number of nitrogens with one attached hydrogen (secondary N) is 2. The molecule has 0 saturated carbocycles. The molecule has 0 radical (unpaired) electrons. The maximum Gasteiger partial charge on any atom is 0.220 e. The second-order valence-corrected chi connectivity index (χ2v) is 5.98. The van der Waals surface area contributed by atoms with Gasteiger partial charge in [-0.2, -0.15) is 0 Å². The van der Waals surface area contributed by atoms with E-state index in [2.05, 4.69) is 15.5 Å². The summed E-state index contributed by atoms with van der Waals surface area (Å²) in [6.07, 6.45) is 1.05. The van der Waals surface area contributed by atoms with E-state index in [4.69, 9.17) is 14.2 Å². The van der Waals surface area contributed by atoms with Gasteiger partial charge < -0.3 is 24.8 Å². The lowest BCUT2D eigenvalue weighted by molar-refractivity contribution is -0.121. The summed E-state index contributed by atoms with van der Waals surface area (Å²) in [6, 6.07) is 3.77. The Morgan fingerprint density at radius 1 is 1.12 bits per heavy atom. The quantitative estimate of drug-likeness (QED) is 0.681. The van der Waals surface area contributed by atoms with Crippen LogP contribution in [0.15, 0.2) is 12.1 Å². The highest BCUT2D eigenvalue weighted by molar-refractivity contribution is 5.76. The van der Waals surface area contributed by atoms with E-state index < -0.39 is 0 Å². The van der Waals surface area contributed by atoms with Crippen LogP contribution in [0, 0.1) is 0 Å². The van der Waals surface area contributed by atoms with Crippen molar-refractivity contribution in [2.24, 2.45) is 0 Å². The van der Waals surface area contributed by atoms with Gasteiger partial charge in [-0.25, -0.2) is 0 Å². The van der Waals surface area contributed by atoms with Gasteiger partial charge in [-0.05, 0) is 24.1 Å². The molecule has 2 N–H and O–H groups in total. The van der Waals surface area contributed by atoms with Gasteiger partial charge in [-0.1, -0.05) is 0 Å². The molecule has 1 aliphatic rings. The van der Waals surface area contributed by atoms with Crippen LogP contribution in [0.3, 0.4) is 0 Å². The zero-order chi connectivity index (χ0) is 18.1. The Morgan fingerprint density at radius 3 is 2.32 bits per heavy atom. The summed E-state index contributed by atoms with van der Waals surface area (Å²) < 4.78 is 16.0. The molecule has 1 amide bonds. The van der Waals surface area contributed by atoms with Crippen molar-refractivity contribution in [1.82, 2.24) is 15.5 Å². The van der Waals surface area contributed by atoms with Crippen LogP contribution in [0.1, 0.15) is 12.0 Å². The monoisotopic (exact) mass is 351 g/mol. The number of amides is 1.